The fourth-order valence-corrected chi connectivity index (χ4v) is 3.43. The summed E-state index contributed by atoms with van der Waals surface area (Å²) >= 11 is 0. The van der Waals surface area contributed by atoms with Crippen LogP contribution < -0.4 is 10.5 Å². The number of nitrogens with zero attached hydrogens (tertiary/aromatic N) is 4. The third-order valence-corrected chi connectivity index (χ3v) is 5.33. The van der Waals surface area contributed by atoms with E-state index in [4.69, 9.17) is 5.14 Å². The van der Waals surface area contributed by atoms with E-state index in [1.54, 1.807) is 18.3 Å². The Morgan fingerprint density at radius 1 is 1.23 bits per heavy atom. The van der Waals surface area contributed by atoms with Gasteiger partial charge < -0.3 is 5.32 Å². The second kappa shape index (κ2) is 8.67. The van der Waals surface area contributed by atoms with Gasteiger partial charge >= 0.3 is 0 Å². The largest absolute Gasteiger partial charge is 0.349 e. The maximum Gasteiger partial charge on any atom is 0.245 e. The van der Waals surface area contributed by atoms with Gasteiger partial charge in [-0.05, 0) is 30.2 Å². The van der Waals surface area contributed by atoms with E-state index in [1.807, 2.05) is 13.8 Å². The highest BCUT2D eigenvalue weighted by Crippen LogP contribution is 2.22. The van der Waals surface area contributed by atoms with Crippen LogP contribution in [0.5, 0.6) is 0 Å². The zero-order valence-corrected chi connectivity index (χ0v) is 17.2. The molecule has 2 aromatic heterocycles. The summed E-state index contributed by atoms with van der Waals surface area (Å²) in [4.78, 5) is 16.7. The van der Waals surface area contributed by atoms with Crippen LogP contribution in [0, 0.1) is 11.7 Å². The summed E-state index contributed by atoms with van der Waals surface area (Å²) in [6.07, 6.45) is 2.94. The summed E-state index contributed by atoms with van der Waals surface area (Å²) < 4.78 is 37.5. The Labute approximate surface area is 173 Å². The van der Waals surface area contributed by atoms with E-state index in [0.717, 1.165) is 0 Å². The van der Waals surface area contributed by atoms with Crippen molar-refractivity contribution < 1.29 is 17.6 Å². The molecule has 2 heterocycles. The molecule has 1 atom stereocenters. The molecular formula is C19H21FN6O3S. The minimum absolute atomic E-state index is 0.0102. The molecule has 1 aromatic carbocycles. The van der Waals surface area contributed by atoms with E-state index in [9.17, 15) is 17.6 Å². The molecule has 0 bridgehead atoms. The van der Waals surface area contributed by atoms with Gasteiger partial charge in [0.05, 0.1) is 23.3 Å². The molecule has 1 amide bonds. The fraction of sp³-hybridized carbons (Fsp3) is 0.263. The van der Waals surface area contributed by atoms with Gasteiger partial charge in [-0.2, -0.15) is 0 Å². The number of pyridine rings is 1. The lowest BCUT2D eigenvalue weighted by molar-refractivity contribution is -0.126. The van der Waals surface area contributed by atoms with Gasteiger partial charge in [-0.15, -0.1) is 5.10 Å². The number of aromatic nitrogens is 4. The molecule has 3 aromatic rings. The van der Waals surface area contributed by atoms with Crippen molar-refractivity contribution in [2.45, 2.75) is 31.3 Å². The van der Waals surface area contributed by atoms with Crippen molar-refractivity contribution in [2.24, 2.45) is 11.1 Å². The standard InChI is InChI=1S/C19H21FN6O3S/c1-12(2)18(19(27)23-10-15-9-14(20)7-8-22-15)26-11-17(24-25-26)13-3-5-16(6-4-13)30(21,28)29/h3-9,11-12,18H,10H2,1-2H3,(H,23,27)(H2,21,28,29)/t18-/m1/s1. The third-order valence-electron chi connectivity index (χ3n) is 4.40. The van der Waals surface area contributed by atoms with Crippen molar-refractivity contribution in [2.75, 3.05) is 0 Å². The number of amides is 1. The van der Waals surface area contributed by atoms with Gasteiger partial charge in [0.25, 0.3) is 0 Å². The number of primary sulfonamides is 1. The number of carbonyl (C=O) groups excluding carboxylic acids is 1. The molecule has 0 aliphatic rings. The molecule has 30 heavy (non-hydrogen) atoms. The van der Waals surface area contributed by atoms with Crippen LogP contribution in [0.25, 0.3) is 11.3 Å². The monoisotopic (exact) mass is 432 g/mol. The number of benzene rings is 1. The van der Waals surface area contributed by atoms with Gasteiger partial charge in [0.15, 0.2) is 0 Å². The van der Waals surface area contributed by atoms with Gasteiger partial charge in [0.2, 0.25) is 15.9 Å². The van der Waals surface area contributed by atoms with Gasteiger partial charge in [0, 0.05) is 11.8 Å². The smallest absolute Gasteiger partial charge is 0.245 e. The Morgan fingerprint density at radius 2 is 1.93 bits per heavy atom. The van der Waals surface area contributed by atoms with Crippen molar-refractivity contribution in [1.29, 1.82) is 0 Å². The van der Waals surface area contributed by atoms with Crippen molar-refractivity contribution in [3.8, 4) is 11.3 Å². The number of carbonyl (C=O) groups is 1. The van der Waals surface area contributed by atoms with Crippen molar-refractivity contribution >= 4 is 15.9 Å². The molecule has 0 saturated carbocycles. The van der Waals surface area contributed by atoms with Gasteiger partial charge in [0.1, 0.15) is 17.6 Å². The lowest BCUT2D eigenvalue weighted by Crippen LogP contribution is -2.35. The lowest BCUT2D eigenvalue weighted by Gasteiger charge is -2.20. The molecule has 3 rings (SSSR count). The molecule has 9 nitrogen and oxygen atoms in total. The number of halogens is 1. The summed E-state index contributed by atoms with van der Waals surface area (Å²) in [5, 5.41) is 16.0. The first-order valence-corrected chi connectivity index (χ1v) is 10.6. The van der Waals surface area contributed by atoms with Crippen LogP contribution in [0.2, 0.25) is 0 Å². The van der Waals surface area contributed by atoms with Crippen LogP contribution in [-0.2, 0) is 21.4 Å². The van der Waals surface area contributed by atoms with E-state index in [1.165, 1.54) is 35.1 Å². The number of rotatable bonds is 7. The minimum Gasteiger partial charge on any atom is -0.349 e. The van der Waals surface area contributed by atoms with Crippen molar-refractivity contribution in [1.82, 2.24) is 25.3 Å². The Morgan fingerprint density at radius 3 is 2.53 bits per heavy atom. The van der Waals surface area contributed by atoms with Crippen LogP contribution in [0.4, 0.5) is 4.39 Å². The average Bonchev–Trinajstić information content (AvgIpc) is 3.15. The predicted octanol–water partition coefficient (Wildman–Crippen LogP) is 1.64. The molecule has 0 aliphatic carbocycles. The predicted molar refractivity (Wildman–Crippen MR) is 107 cm³/mol. The minimum atomic E-state index is -3.79. The number of sulfonamides is 1. The van der Waals surface area contributed by atoms with E-state index >= 15 is 0 Å². The molecule has 0 aliphatic heterocycles. The first-order valence-electron chi connectivity index (χ1n) is 9.08. The van der Waals surface area contributed by atoms with E-state index in [0.29, 0.717) is 17.0 Å². The highest BCUT2D eigenvalue weighted by atomic mass is 32.2. The second-order valence-electron chi connectivity index (χ2n) is 7.03. The van der Waals surface area contributed by atoms with Gasteiger partial charge in [-0.3, -0.25) is 9.78 Å². The molecule has 0 fully saturated rings. The van der Waals surface area contributed by atoms with E-state index in [2.05, 4.69) is 20.6 Å². The van der Waals surface area contributed by atoms with Crippen LogP contribution in [0.15, 0.2) is 53.7 Å². The third kappa shape index (κ3) is 5.05. The fourth-order valence-electron chi connectivity index (χ4n) is 2.92. The number of hydrogen-bond acceptors (Lipinski definition) is 6. The summed E-state index contributed by atoms with van der Waals surface area (Å²) in [5.74, 6) is -0.842. The average molecular weight is 432 g/mol. The molecule has 0 radical (unpaired) electrons. The zero-order chi connectivity index (χ0) is 21.9. The van der Waals surface area contributed by atoms with Crippen molar-refractivity contribution in [3.05, 3.63) is 60.3 Å². The van der Waals surface area contributed by atoms with E-state index < -0.39 is 21.9 Å². The SMILES string of the molecule is CC(C)[C@H](C(=O)NCc1cc(F)ccn1)n1cc(-c2ccc(S(N)(=O)=O)cc2)nn1. The first kappa shape index (κ1) is 21.5. The summed E-state index contributed by atoms with van der Waals surface area (Å²) in [6.45, 7) is 3.82. The molecule has 3 N–H and O–H groups in total. The number of hydrogen-bond donors (Lipinski definition) is 2. The Bertz CT molecular complexity index is 1150. The number of nitrogens with two attached hydrogens (primary N) is 1. The maximum absolute atomic E-state index is 13.3. The quantitative estimate of drug-likeness (QED) is 0.583. The Hall–Kier alpha value is -3.18. The molecule has 0 spiro atoms. The molecule has 158 valence electrons. The molecule has 0 unspecified atom stereocenters. The Kier molecular flexibility index (Phi) is 6.22. The summed E-state index contributed by atoms with van der Waals surface area (Å²) in [5.41, 5.74) is 1.50. The van der Waals surface area contributed by atoms with Crippen LogP contribution in [0.3, 0.4) is 0 Å². The first-order chi connectivity index (χ1) is 14.1. The second-order valence-corrected chi connectivity index (χ2v) is 8.59. The zero-order valence-electron chi connectivity index (χ0n) is 16.4. The van der Waals surface area contributed by atoms with Gasteiger partial charge in [-0.25, -0.2) is 22.6 Å². The van der Waals surface area contributed by atoms with Crippen LogP contribution >= 0.6 is 0 Å². The van der Waals surface area contributed by atoms with Crippen LogP contribution in [0.1, 0.15) is 25.6 Å². The van der Waals surface area contributed by atoms with Crippen LogP contribution in [-0.4, -0.2) is 34.3 Å². The van der Waals surface area contributed by atoms with E-state index in [-0.39, 0.29) is 23.3 Å². The highest BCUT2D eigenvalue weighted by Gasteiger charge is 2.26. The molecule has 11 heteroatoms. The topological polar surface area (TPSA) is 133 Å². The summed E-state index contributed by atoms with van der Waals surface area (Å²) in [6, 6.07) is 7.72. The Balaban J connectivity index is 1.77. The molecule has 0 saturated heterocycles. The lowest BCUT2D eigenvalue weighted by atomic mass is 10.0. The van der Waals surface area contributed by atoms with Gasteiger partial charge in [-0.1, -0.05) is 31.2 Å². The number of nitrogens with one attached hydrogen (secondary N) is 1. The highest BCUT2D eigenvalue weighted by molar-refractivity contribution is 7.89. The van der Waals surface area contributed by atoms with Crippen molar-refractivity contribution in [3.63, 3.8) is 0 Å². The maximum atomic E-state index is 13.3. The summed E-state index contributed by atoms with van der Waals surface area (Å²) in [7, 11) is -3.79. The normalized spacial score (nSPS) is 12.7. The molecular weight excluding hydrogens is 411 g/mol.